The van der Waals surface area contributed by atoms with Gasteiger partial charge in [0.2, 0.25) is 0 Å². The molecule has 0 amide bonds. The van der Waals surface area contributed by atoms with E-state index in [1.54, 1.807) is 0 Å². The number of hydrogen-bond acceptors (Lipinski definition) is 2. The van der Waals surface area contributed by atoms with E-state index in [-0.39, 0.29) is 0 Å². The average molecular weight is 228 g/mol. The maximum absolute atomic E-state index is 2.49. The third-order valence-electron chi connectivity index (χ3n) is 3.52. The van der Waals surface area contributed by atoms with Gasteiger partial charge in [0.25, 0.3) is 0 Å². The minimum atomic E-state index is 1.000. The topological polar surface area (TPSA) is 6.48 Å². The van der Waals surface area contributed by atoms with Gasteiger partial charge in [-0.1, -0.05) is 27.7 Å². The Morgan fingerprint density at radius 1 is 0.688 bits per heavy atom. The molecule has 0 aromatic carbocycles. The quantitative estimate of drug-likeness (QED) is 0.629. The van der Waals surface area contributed by atoms with Gasteiger partial charge in [0.15, 0.2) is 0 Å². The van der Waals surface area contributed by atoms with Gasteiger partial charge < -0.3 is 9.80 Å². The summed E-state index contributed by atoms with van der Waals surface area (Å²) in [5, 5.41) is 0. The molecular formula is C14H32N2. The Bertz CT molecular complexity index is 141. The second kappa shape index (κ2) is 9.00. The fourth-order valence-corrected chi connectivity index (χ4v) is 2.71. The molecule has 0 radical (unpaired) electrons. The Labute approximate surface area is 103 Å². The molecule has 0 saturated carbocycles. The summed E-state index contributed by atoms with van der Waals surface area (Å²) < 4.78 is 0. The van der Waals surface area contributed by atoms with Gasteiger partial charge in [0.1, 0.15) is 0 Å². The van der Waals surface area contributed by atoms with Crippen molar-refractivity contribution >= 4 is 0 Å². The summed E-state index contributed by atoms with van der Waals surface area (Å²) in [5.74, 6) is 2.00. The molecular weight excluding hydrogens is 196 g/mol. The Balaban J connectivity index is 0.000000509. The van der Waals surface area contributed by atoms with Crippen LogP contribution in [0, 0.1) is 11.8 Å². The van der Waals surface area contributed by atoms with Crippen molar-refractivity contribution in [3.05, 3.63) is 0 Å². The zero-order chi connectivity index (χ0) is 12.6. The van der Waals surface area contributed by atoms with E-state index in [9.17, 15) is 0 Å². The summed E-state index contributed by atoms with van der Waals surface area (Å²) >= 11 is 0. The molecule has 98 valence electrons. The number of rotatable bonds is 0. The Morgan fingerprint density at radius 2 is 1.00 bits per heavy atom. The molecule has 2 fully saturated rings. The lowest BCUT2D eigenvalue weighted by Gasteiger charge is -2.42. The van der Waals surface area contributed by atoms with E-state index in [1.165, 1.54) is 39.0 Å². The molecule has 2 aliphatic heterocycles. The van der Waals surface area contributed by atoms with Crippen LogP contribution >= 0.6 is 0 Å². The van der Waals surface area contributed by atoms with Gasteiger partial charge in [-0.15, -0.1) is 0 Å². The molecule has 0 aromatic rings. The van der Waals surface area contributed by atoms with Crippen LogP contribution in [0.2, 0.25) is 0 Å². The Hall–Kier alpha value is -0.0800. The van der Waals surface area contributed by atoms with Crippen LogP contribution in [0.15, 0.2) is 0 Å². The van der Waals surface area contributed by atoms with Gasteiger partial charge >= 0.3 is 0 Å². The van der Waals surface area contributed by atoms with E-state index in [1.807, 2.05) is 27.7 Å². The molecule has 0 aromatic heterocycles. The van der Waals surface area contributed by atoms with Crippen molar-refractivity contribution in [2.24, 2.45) is 11.8 Å². The van der Waals surface area contributed by atoms with Crippen LogP contribution in [0.4, 0.5) is 0 Å². The lowest BCUT2D eigenvalue weighted by atomic mass is 9.80. The molecule has 2 heteroatoms. The van der Waals surface area contributed by atoms with Crippen molar-refractivity contribution in [2.45, 2.75) is 40.5 Å². The Morgan fingerprint density at radius 3 is 1.31 bits per heavy atom. The Kier molecular flexibility index (Phi) is 8.96. The van der Waals surface area contributed by atoms with Crippen molar-refractivity contribution in [1.82, 2.24) is 9.80 Å². The smallest absolute Gasteiger partial charge is 0.00102 e. The van der Waals surface area contributed by atoms with Gasteiger partial charge in [-0.2, -0.15) is 0 Å². The van der Waals surface area contributed by atoms with Crippen molar-refractivity contribution in [3.63, 3.8) is 0 Å². The lowest BCUT2D eigenvalue weighted by molar-refractivity contribution is 0.0651. The zero-order valence-corrected chi connectivity index (χ0v) is 12.3. The third kappa shape index (κ3) is 4.84. The molecule has 2 saturated heterocycles. The first-order valence-electron chi connectivity index (χ1n) is 7.13. The molecule has 0 N–H and O–H groups in total. The van der Waals surface area contributed by atoms with E-state index >= 15 is 0 Å². The van der Waals surface area contributed by atoms with Gasteiger partial charge in [-0.3, -0.25) is 0 Å². The van der Waals surface area contributed by atoms with Crippen LogP contribution < -0.4 is 0 Å². The average Bonchev–Trinajstić information content (AvgIpc) is 2.35. The van der Waals surface area contributed by atoms with E-state index in [4.69, 9.17) is 0 Å². The van der Waals surface area contributed by atoms with Crippen LogP contribution in [0.25, 0.3) is 0 Å². The van der Waals surface area contributed by atoms with E-state index in [0.29, 0.717) is 0 Å². The molecule has 0 spiro atoms. The number of nitrogens with zero attached hydrogens (tertiary/aromatic N) is 2. The first kappa shape index (κ1) is 15.9. The number of piperidine rings is 2. The molecule has 2 heterocycles. The fraction of sp³-hybridized carbons (Fsp3) is 1.00. The first-order chi connectivity index (χ1) is 7.75. The summed E-state index contributed by atoms with van der Waals surface area (Å²) in [5.41, 5.74) is 0. The van der Waals surface area contributed by atoms with Crippen LogP contribution in [0.5, 0.6) is 0 Å². The van der Waals surface area contributed by atoms with Gasteiger partial charge in [0.05, 0.1) is 0 Å². The van der Waals surface area contributed by atoms with E-state index < -0.39 is 0 Å². The molecule has 2 atom stereocenters. The highest BCUT2D eigenvalue weighted by Gasteiger charge is 2.31. The molecule has 2 aliphatic rings. The van der Waals surface area contributed by atoms with Crippen LogP contribution in [0.1, 0.15) is 40.5 Å². The predicted molar refractivity (Wildman–Crippen MR) is 73.9 cm³/mol. The molecule has 2 nitrogen and oxygen atoms in total. The highest BCUT2D eigenvalue weighted by Crippen LogP contribution is 2.29. The normalized spacial score (nSPS) is 30.4. The summed E-state index contributed by atoms with van der Waals surface area (Å²) in [6, 6.07) is 0. The third-order valence-corrected chi connectivity index (χ3v) is 3.52. The van der Waals surface area contributed by atoms with E-state index in [2.05, 4.69) is 23.9 Å². The predicted octanol–water partition coefficient (Wildman–Crippen LogP) is 2.94. The standard InChI is InChI=1S/C10H20N2.2C2H6/c1-11-5-3-10-8-12(2)6-4-9(10)7-11;2*1-2/h9-10H,3-8H2,1-2H3;2*1-2H3. The molecule has 0 aliphatic carbocycles. The van der Waals surface area contributed by atoms with Crippen molar-refractivity contribution < 1.29 is 0 Å². The van der Waals surface area contributed by atoms with Crippen molar-refractivity contribution in [1.29, 1.82) is 0 Å². The summed E-state index contributed by atoms with van der Waals surface area (Å²) in [7, 11) is 4.52. The first-order valence-corrected chi connectivity index (χ1v) is 7.13. The highest BCUT2D eigenvalue weighted by atomic mass is 15.1. The molecule has 2 rings (SSSR count). The monoisotopic (exact) mass is 228 g/mol. The fourth-order valence-electron chi connectivity index (χ4n) is 2.71. The second-order valence-corrected chi connectivity index (χ2v) is 4.62. The maximum Gasteiger partial charge on any atom is 0.00102 e. The summed E-state index contributed by atoms with van der Waals surface area (Å²) in [6.45, 7) is 13.3. The maximum atomic E-state index is 2.49. The number of hydrogen-bond donors (Lipinski definition) is 0. The second-order valence-electron chi connectivity index (χ2n) is 4.62. The van der Waals surface area contributed by atoms with Crippen LogP contribution in [-0.2, 0) is 0 Å². The number of likely N-dealkylation sites (tertiary alicyclic amines) is 2. The molecule has 16 heavy (non-hydrogen) atoms. The SMILES string of the molecule is CC.CC.CN1CCC2CN(C)CCC2C1. The molecule has 2 unspecified atom stereocenters. The highest BCUT2D eigenvalue weighted by molar-refractivity contribution is 4.84. The zero-order valence-electron chi connectivity index (χ0n) is 12.3. The molecule has 0 bridgehead atoms. The van der Waals surface area contributed by atoms with Gasteiger partial charge in [0, 0.05) is 13.1 Å². The van der Waals surface area contributed by atoms with Crippen LogP contribution in [0.3, 0.4) is 0 Å². The van der Waals surface area contributed by atoms with Crippen molar-refractivity contribution in [2.75, 3.05) is 40.3 Å². The summed E-state index contributed by atoms with van der Waals surface area (Å²) in [6.07, 6.45) is 2.84. The van der Waals surface area contributed by atoms with Crippen molar-refractivity contribution in [3.8, 4) is 0 Å². The minimum absolute atomic E-state index is 1.000. The minimum Gasteiger partial charge on any atom is -0.306 e. The number of fused-ring (bicyclic) bond motifs is 1. The largest absolute Gasteiger partial charge is 0.306 e. The van der Waals surface area contributed by atoms with E-state index in [0.717, 1.165) is 11.8 Å². The van der Waals surface area contributed by atoms with Gasteiger partial charge in [-0.25, -0.2) is 0 Å². The lowest BCUT2D eigenvalue weighted by Crippen LogP contribution is -2.47. The summed E-state index contributed by atoms with van der Waals surface area (Å²) in [4.78, 5) is 4.99. The van der Waals surface area contributed by atoms with Gasteiger partial charge in [-0.05, 0) is 51.9 Å². The van der Waals surface area contributed by atoms with Crippen LogP contribution in [-0.4, -0.2) is 50.1 Å².